The van der Waals surface area contributed by atoms with Crippen LogP contribution in [0.2, 0.25) is 0 Å². The zero-order valence-corrected chi connectivity index (χ0v) is 12.2. The molecule has 2 N–H and O–H groups in total. The van der Waals surface area contributed by atoms with Gasteiger partial charge in [-0.25, -0.2) is 4.98 Å². The fourth-order valence-corrected chi connectivity index (χ4v) is 3.34. The molecule has 3 nitrogen and oxygen atoms in total. The molecule has 0 saturated heterocycles. The first-order valence-electron chi connectivity index (χ1n) is 7.49. The van der Waals surface area contributed by atoms with Gasteiger partial charge < -0.3 is 10.3 Å². The average molecular weight is 277 g/mol. The Morgan fingerprint density at radius 2 is 1.90 bits per heavy atom. The fraction of sp³-hybridized carbons (Fsp3) is 0.278. The van der Waals surface area contributed by atoms with Crippen molar-refractivity contribution in [1.82, 2.24) is 9.55 Å². The summed E-state index contributed by atoms with van der Waals surface area (Å²) in [6, 6.07) is 17.0. The highest BCUT2D eigenvalue weighted by Crippen LogP contribution is 2.54. The van der Waals surface area contributed by atoms with Gasteiger partial charge in [0.25, 0.3) is 0 Å². The molecule has 4 rings (SSSR count). The van der Waals surface area contributed by atoms with Crippen LogP contribution in [0.15, 0.2) is 48.5 Å². The van der Waals surface area contributed by atoms with Gasteiger partial charge in [-0.2, -0.15) is 0 Å². The second-order valence-corrected chi connectivity index (χ2v) is 5.88. The molecule has 0 radical (unpaired) electrons. The lowest BCUT2D eigenvalue weighted by Gasteiger charge is -2.02. The molecule has 0 amide bonds. The highest BCUT2D eigenvalue weighted by Gasteiger charge is 2.42. The second-order valence-electron chi connectivity index (χ2n) is 5.88. The Morgan fingerprint density at radius 1 is 1.10 bits per heavy atom. The van der Waals surface area contributed by atoms with Crippen LogP contribution in [0.25, 0.3) is 11.0 Å². The molecule has 1 heterocycles. The summed E-state index contributed by atoms with van der Waals surface area (Å²) in [5, 5.41) is 0. The average Bonchev–Trinajstić information content (AvgIpc) is 3.26. The molecule has 3 heteroatoms. The maximum absolute atomic E-state index is 5.84. The van der Waals surface area contributed by atoms with Crippen LogP contribution in [0, 0.1) is 0 Å². The van der Waals surface area contributed by atoms with E-state index in [1.807, 2.05) is 0 Å². The smallest absolute Gasteiger partial charge is 0.113 e. The van der Waals surface area contributed by atoms with E-state index < -0.39 is 0 Å². The van der Waals surface area contributed by atoms with Crippen molar-refractivity contribution in [3.05, 3.63) is 65.5 Å². The molecule has 1 aliphatic rings. The number of aryl methyl sites for hydroxylation is 1. The number of aromatic nitrogens is 2. The van der Waals surface area contributed by atoms with Crippen LogP contribution >= 0.6 is 0 Å². The quantitative estimate of drug-likeness (QED) is 0.798. The molecule has 1 saturated carbocycles. The number of hydrogen-bond acceptors (Lipinski definition) is 2. The van der Waals surface area contributed by atoms with E-state index in [-0.39, 0.29) is 0 Å². The molecule has 0 spiro atoms. The van der Waals surface area contributed by atoms with Gasteiger partial charge in [0.1, 0.15) is 5.82 Å². The third kappa shape index (κ3) is 1.96. The van der Waals surface area contributed by atoms with E-state index in [9.17, 15) is 0 Å². The Labute approximate surface area is 124 Å². The number of para-hydroxylation sites is 1. The highest BCUT2D eigenvalue weighted by atomic mass is 15.1. The highest BCUT2D eigenvalue weighted by molar-refractivity contribution is 5.80. The minimum atomic E-state index is 0.537. The third-order valence-electron chi connectivity index (χ3n) is 4.60. The number of hydrogen-bond donors (Lipinski definition) is 1. The summed E-state index contributed by atoms with van der Waals surface area (Å²) in [5.74, 6) is 2.35. The summed E-state index contributed by atoms with van der Waals surface area (Å²) in [6.07, 6.45) is 1.19. The molecule has 0 aliphatic heterocycles. The standard InChI is InChI=1S/C18H19N3/c1-21-16-9-5-8-13(11-19)17(16)20-18(21)15-10-14(15)12-6-3-2-4-7-12/h2-9,14-15H,10-11,19H2,1H3. The van der Waals surface area contributed by atoms with Crippen LogP contribution in [0.4, 0.5) is 0 Å². The molecule has 3 aromatic rings. The Kier molecular flexibility index (Phi) is 2.82. The van der Waals surface area contributed by atoms with Crippen molar-refractivity contribution in [1.29, 1.82) is 0 Å². The minimum absolute atomic E-state index is 0.537. The molecule has 1 aromatic heterocycles. The number of benzene rings is 2. The van der Waals surface area contributed by atoms with Gasteiger partial charge in [0, 0.05) is 19.5 Å². The summed E-state index contributed by atoms with van der Waals surface area (Å²) in [5.41, 5.74) is 10.6. The lowest BCUT2D eigenvalue weighted by molar-refractivity contribution is 0.804. The number of fused-ring (bicyclic) bond motifs is 1. The Hall–Kier alpha value is -2.13. The van der Waals surface area contributed by atoms with Crippen molar-refractivity contribution in [3.8, 4) is 0 Å². The van der Waals surface area contributed by atoms with Crippen molar-refractivity contribution >= 4 is 11.0 Å². The van der Waals surface area contributed by atoms with Gasteiger partial charge in [-0.3, -0.25) is 0 Å². The summed E-state index contributed by atoms with van der Waals surface area (Å²) >= 11 is 0. The van der Waals surface area contributed by atoms with Crippen LogP contribution < -0.4 is 5.73 Å². The summed E-state index contributed by atoms with van der Waals surface area (Å²) < 4.78 is 2.24. The van der Waals surface area contributed by atoms with E-state index in [1.165, 1.54) is 23.3 Å². The predicted molar refractivity (Wildman–Crippen MR) is 85.1 cm³/mol. The summed E-state index contributed by atoms with van der Waals surface area (Å²) in [4.78, 5) is 4.90. The summed E-state index contributed by atoms with van der Waals surface area (Å²) in [7, 11) is 2.12. The SMILES string of the molecule is Cn1c(C2CC2c2ccccc2)nc2c(CN)cccc21. The zero-order valence-electron chi connectivity index (χ0n) is 12.2. The largest absolute Gasteiger partial charge is 0.331 e. The normalized spacial score (nSPS) is 20.9. The molecule has 1 fully saturated rings. The van der Waals surface area contributed by atoms with Gasteiger partial charge in [-0.05, 0) is 29.5 Å². The van der Waals surface area contributed by atoms with E-state index in [0.717, 1.165) is 11.1 Å². The fourth-order valence-electron chi connectivity index (χ4n) is 3.34. The Morgan fingerprint density at radius 3 is 2.67 bits per heavy atom. The number of nitrogens with two attached hydrogens (primary N) is 1. The predicted octanol–water partition coefficient (Wildman–Crippen LogP) is 3.30. The minimum Gasteiger partial charge on any atom is -0.331 e. The molecule has 2 unspecified atom stereocenters. The van der Waals surface area contributed by atoms with Gasteiger partial charge in [0.15, 0.2) is 0 Å². The van der Waals surface area contributed by atoms with Gasteiger partial charge in [0.2, 0.25) is 0 Å². The molecule has 21 heavy (non-hydrogen) atoms. The second kappa shape index (κ2) is 4.71. The number of nitrogens with zero attached hydrogens (tertiary/aromatic N) is 2. The van der Waals surface area contributed by atoms with Crippen molar-refractivity contribution in [2.75, 3.05) is 0 Å². The zero-order chi connectivity index (χ0) is 14.4. The van der Waals surface area contributed by atoms with Crippen LogP contribution in [0.3, 0.4) is 0 Å². The van der Waals surface area contributed by atoms with E-state index in [4.69, 9.17) is 10.7 Å². The van der Waals surface area contributed by atoms with Gasteiger partial charge >= 0.3 is 0 Å². The van der Waals surface area contributed by atoms with Gasteiger partial charge in [-0.15, -0.1) is 0 Å². The van der Waals surface area contributed by atoms with Crippen LogP contribution in [0.5, 0.6) is 0 Å². The summed E-state index contributed by atoms with van der Waals surface area (Å²) in [6.45, 7) is 0.542. The molecule has 2 aromatic carbocycles. The number of imidazole rings is 1. The van der Waals surface area contributed by atoms with Crippen molar-refractivity contribution in [2.45, 2.75) is 24.8 Å². The first-order valence-corrected chi connectivity index (χ1v) is 7.49. The lowest BCUT2D eigenvalue weighted by atomic mass is 10.1. The monoisotopic (exact) mass is 277 g/mol. The van der Waals surface area contributed by atoms with Gasteiger partial charge in [0.05, 0.1) is 11.0 Å². The van der Waals surface area contributed by atoms with Crippen LogP contribution in [0.1, 0.15) is 35.2 Å². The molecular weight excluding hydrogens is 258 g/mol. The van der Waals surface area contributed by atoms with E-state index >= 15 is 0 Å². The van der Waals surface area contributed by atoms with Crippen LogP contribution in [-0.4, -0.2) is 9.55 Å². The molecule has 106 valence electrons. The van der Waals surface area contributed by atoms with Gasteiger partial charge in [-0.1, -0.05) is 42.5 Å². The van der Waals surface area contributed by atoms with Crippen LogP contribution in [-0.2, 0) is 13.6 Å². The van der Waals surface area contributed by atoms with E-state index in [2.05, 4.69) is 60.1 Å². The van der Waals surface area contributed by atoms with Crippen molar-refractivity contribution < 1.29 is 0 Å². The third-order valence-corrected chi connectivity index (χ3v) is 4.60. The Balaban J connectivity index is 1.74. The maximum atomic E-state index is 5.84. The van der Waals surface area contributed by atoms with E-state index in [0.29, 0.717) is 18.4 Å². The number of rotatable bonds is 3. The first-order chi connectivity index (χ1) is 10.3. The van der Waals surface area contributed by atoms with E-state index in [1.54, 1.807) is 0 Å². The Bertz CT molecular complexity index is 789. The lowest BCUT2D eigenvalue weighted by Crippen LogP contribution is -1.97. The molecule has 2 atom stereocenters. The molecule has 0 bridgehead atoms. The maximum Gasteiger partial charge on any atom is 0.113 e. The van der Waals surface area contributed by atoms with Crippen molar-refractivity contribution in [2.24, 2.45) is 12.8 Å². The topological polar surface area (TPSA) is 43.8 Å². The molecule has 1 aliphatic carbocycles. The molecular formula is C18H19N3. The first kappa shape index (κ1) is 12.6. The van der Waals surface area contributed by atoms with Crippen molar-refractivity contribution in [3.63, 3.8) is 0 Å².